The monoisotopic (exact) mass is 237 g/mol. The second-order valence-corrected chi connectivity index (χ2v) is 4.84. The maximum Gasteiger partial charge on any atom is 0.0702 e. The third kappa shape index (κ3) is 2.52. The average Bonchev–Trinajstić information content (AvgIpc) is 2.40. The Morgan fingerprint density at radius 1 is 0.944 bits per heavy atom. The van der Waals surface area contributed by atoms with Crippen LogP contribution >= 0.6 is 0 Å². The second-order valence-electron chi connectivity index (χ2n) is 4.84. The van der Waals surface area contributed by atoms with Gasteiger partial charge in [-0.2, -0.15) is 0 Å². The highest BCUT2D eigenvalue weighted by Crippen LogP contribution is 2.32. The van der Waals surface area contributed by atoms with E-state index in [4.69, 9.17) is 5.73 Å². The molecule has 0 saturated heterocycles. The van der Waals surface area contributed by atoms with Crippen molar-refractivity contribution in [3.8, 4) is 0 Å². The van der Waals surface area contributed by atoms with Crippen LogP contribution in [0.3, 0.4) is 0 Å². The molecule has 0 aliphatic heterocycles. The van der Waals surface area contributed by atoms with Gasteiger partial charge in [0.2, 0.25) is 0 Å². The quantitative estimate of drug-likeness (QED) is 0.803. The molecule has 0 bridgehead atoms. The highest BCUT2D eigenvalue weighted by atomic mass is 14.7. The van der Waals surface area contributed by atoms with E-state index in [0.717, 1.165) is 23.1 Å². The first kappa shape index (κ1) is 12.6. The van der Waals surface area contributed by atoms with Gasteiger partial charge in [-0.1, -0.05) is 66.2 Å². The van der Waals surface area contributed by atoms with Crippen molar-refractivity contribution in [2.45, 2.75) is 18.9 Å². The lowest BCUT2D eigenvalue weighted by atomic mass is 9.79. The van der Waals surface area contributed by atoms with Gasteiger partial charge in [-0.25, -0.2) is 0 Å². The summed E-state index contributed by atoms with van der Waals surface area (Å²) in [7, 11) is 0. The van der Waals surface area contributed by atoms with E-state index in [2.05, 4.69) is 30.8 Å². The topological polar surface area (TPSA) is 26.0 Å². The lowest BCUT2D eigenvalue weighted by Crippen LogP contribution is -2.38. The van der Waals surface area contributed by atoms with E-state index in [1.165, 1.54) is 0 Å². The van der Waals surface area contributed by atoms with Crippen molar-refractivity contribution in [1.29, 1.82) is 0 Å². The third-order valence-electron chi connectivity index (χ3n) is 3.16. The molecule has 1 nitrogen and oxygen atoms in total. The normalized spacial score (nSPS) is 11.2. The van der Waals surface area contributed by atoms with Gasteiger partial charge >= 0.3 is 0 Å². The van der Waals surface area contributed by atoms with Crippen LogP contribution in [-0.2, 0) is 5.54 Å². The highest BCUT2D eigenvalue weighted by molar-refractivity contribution is 5.39. The largest absolute Gasteiger partial charge is 0.317 e. The summed E-state index contributed by atoms with van der Waals surface area (Å²) in [6.07, 6.45) is 0.751. The SMILES string of the molecule is C=C(C)CC(N)(c1ccccc1)c1ccccc1. The zero-order valence-corrected chi connectivity index (χ0v) is 10.8. The third-order valence-corrected chi connectivity index (χ3v) is 3.16. The van der Waals surface area contributed by atoms with Crippen LogP contribution in [0.25, 0.3) is 0 Å². The zero-order chi connectivity index (χ0) is 13.0. The molecule has 2 N–H and O–H groups in total. The number of benzene rings is 2. The Hall–Kier alpha value is -1.86. The Morgan fingerprint density at radius 3 is 1.67 bits per heavy atom. The smallest absolute Gasteiger partial charge is 0.0702 e. The standard InChI is InChI=1S/C17H19N/c1-14(2)13-17(18,15-9-5-3-6-10-15)16-11-7-4-8-12-16/h3-12H,1,13,18H2,2H3. The molecular weight excluding hydrogens is 218 g/mol. The number of nitrogens with two attached hydrogens (primary N) is 1. The number of hydrogen-bond acceptors (Lipinski definition) is 1. The minimum absolute atomic E-state index is 0.492. The molecule has 18 heavy (non-hydrogen) atoms. The fraction of sp³-hybridized carbons (Fsp3) is 0.176. The van der Waals surface area contributed by atoms with Gasteiger partial charge in [0.15, 0.2) is 0 Å². The molecule has 2 aromatic rings. The van der Waals surface area contributed by atoms with Gasteiger partial charge < -0.3 is 5.73 Å². The molecule has 0 heterocycles. The Morgan fingerprint density at radius 2 is 1.33 bits per heavy atom. The van der Waals surface area contributed by atoms with Crippen molar-refractivity contribution in [2.75, 3.05) is 0 Å². The van der Waals surface area contributed by atoms with Crippen LogP contribution in [0.2, 0.25) is 0 Å². The minimum Gasteiger partial charge on any atom is -0.317 e. The van der Waals surface area contributed by atoms with Gasteiger partial charge in [0.05, 0.1) is 5.54 Å². The van der Waals surface area contributed by atoms with Crippen LogP contribution < -0.4 is 5.73 Å². The van der Waals surface area contributed by atoms with E-state index in [0.29, 0.717) is 0 Å². The van der Waals surface area contributed by atoms with Crippen LogP contribution in [0.5, 0.6) is 0 Å². The first-order chi connectivity index (χ1) is 8.63. The molecule has 0 saturated carbocycles. The van der Waals surface area contributed by atoms with Crippen molar-refractivity contribution in [2.24, 2.45) is 5.73 Å². The molecule has 0 atom stereocenters. The predicted molar refractivity (Wildman–Crippen MR) is 77.3 cm³/mol. The van der Waals surface area contributed by atoms with Crippen LogP contribution in [0.15, 0.2) is 72.8 Å². The first-order valence-corrected chi connectivity index (χ1v) is 6.17. The lowest BCUT2D eigenvalue weighted by Gasteiger charge is -2.31. The van der Waals surface area contributed by atoms with Crippen molar-refractivity contribution >= 4 is 0 Å². The summed E-state index contributed by atoms with van der Waals surface area (Å²) in [5.41, 5.74) is 9.53. The fourth-order valence-corrected chi connectivity index (χ4v) is 2.32. The summed E-state index contributed by atoms with van der Waals surface area (Å²) >= 11 is 0. The molecule has 0 aliphatic carbocycles. The molecule has 0 aromatic heterocycles. The van der Waals surface area contributed by atoms with Crippen LogP contribution in [0.4, 0.5) is 0 Å². The van der Waals surface area contributed by atoms with Crippen molar-refractivity contribution in [1.82, 2.24) is 0 Å². The maximum absolute atomic E-state index is 6.68. The molecule has 2 aromatic carbocycles. The molecule has 0 fully saturated rings. The summed E-state index contributed by atoms with van der Waals surface area (Å²) in [4.78, 5) is 0. The molecule has 0 unspecified atom stereocenters. The Bertz CT molecular complexity index is 474. The molecule has 1 heteroatoms. The number of hydrogen-bond donors (Lipinski definition) is 1. The molecular formula is C17H19N. The van der Waals surface area contributed by atoms with Crippen molar-refractivity contribution in [3.05, 3.63) is 83.9 Å². The summed E-state index contributed by atoms with van der Waals surface area (Å²) in [5.74, 6) is 0. The summed E-state index contributed by atoms with van der Waals surface area (Å²) in [6.45, 7) is 6.03. The van der Waals surface area contributed by atoms with Gasteiger partial charge in [0, 0.05) is 0 Å². The zero-order valence-electron chi connectivity index (χ0n) is 10.8. The molecule has 0 radical (unpaired) electrons. The average molecular weight is 237 g/mol. The first-order valence-electron chi connectivity index (χ1n) is 6.17. The maximum atomic E-state index is 6.68. The Labute approximate surface area is 109 Å². The van der Waals surface area contributed by atoms with Crippen molar-refractivity contribution in [3.63, 3.8) is 0 Å². The minimum atomic E-state index is -0.492. The summed E-state index contributed by atoms with van der Waals surface area (Å²) in [5, 5.41) is 0. The van der Waals surface area contributed by atoms with Gasteiger partial charge in [-0.15, -0.1) is 6.58 Å². The summed E-state index contributed by atoms with van der Waals surface area (Å²) in [6, 6.07) is 20.4. The van der Waals surface area contributed by atoms with E-state index in [9.17, 15) is 0 Å². The Kier molecular flexibility index (Phi) is 3.63. The number of rotatable bonds is 4. The van der Waals surface area contributed by atoms with Crippen LogP contribution in [0, 0.1) is 0 Å². The van der Waals surface area contributed by atoms with Crippen LogP contribution in [-0.4, -0.2) is 0 Å². The molecule has 0 aliphatic rings. The molecule has 92 valence electrons. The van der Waals surface area contributed by atoms with Gasteiger partial charge in [0.1, 0.15) is 0 Å². The summed E-state index contributed by atoms with van der Waals surface area (Å²) < 4.78 is 0. The highest BCUT2D eigenvalue weighted by Gasteiger charge is 2.29. The van der Waals surface area contributed by atoms with E-state index in [-0.39, 0.29) is 0 Å². The molecule has 2 rings (SSSR count). The lowest BCUT2D eigenvalue weighted by molar-refractivity contribution is 0.533. The fourth-order valence-electron chi connectivity index (χ4n) is 2.32. The predicted octanol–water partition coefficient (Wildman–Crippen LogP) is 3.86. The van der Waals surface area contributed by atoms with E-state index in [1.54, 1.807) is 0 Å². The van der Waals surface area contributed by atoms with Gasteiger partial charge in [0.25, 0.3) is 0 Å². The molecule has 0 amide bonds. The van der Waals surface area contributed by atoms with Gasteiger partial charge in [-0.3, -0.25) is 0 Å². The van der Waals surface area contributed by atoms with E-state index < -0.39 is 5.54 Å². The van der Waals surface area contributed by atoms with Gasteiger partial charge in [-0.05, 0) is 24.5 Å². The van der Waals surface area contributed by atoms with Crippen molar-refractivity contribution < 1.29 is 0 Å². The van der Waals surface area contributed by atoms with E-state index in [1.807, 2.05) is 43.3 Å². The molecule has 0 spiro atoms. The van der Waals surface area contributed by atoms with E-state index >= 15 is 0 Å². The van der Waals surface area contributed by atoms with Crippen LogP contribution in [0.1, 0.15) is 24.5 Å². The Balaban J connectivity index is 2.51. The second kappa shape index (κ2) is 5.19.